The molecule has 1 amide bonds. The number of benzene rings is 1. The predicted octanol–water partition coefficient (Wildman–Crippen LogP) is 1.87. The highest BCUT2D eigenvalue weighted by atomic mass is 127. The summed E-state index contributed by atoms with van der Waals surface area (Å²) in [5, 5.41) is 0. The van der Waals surface area contributed by atoms with Crippen molar-refractivity contribution < 1.29 is 9.53 Å². The molecule has 1 aliphatic rings. The minimum absolute atomic E-state index is 0.164. The first-order valence-corrected chi connectivity index (χ1v) is 7.46. The number of ether oxygens (including phenoxy) is 1. The molecule has 2 aromatic rings. The third-order valence-corrected chi connectivity index (χ3v) is 4.06. The van der Waals surface area contributed by atoms with Crippen molar-refractivity contribution in [2.24, 2.45) is 0 Å². The minimum atomic E-state index is -0.169. The number of hydrogen-bond donors (Lipinski definition) is 1. The Bertz CT molecular complexity index is 703. The SMILES string of the molecule is COc1nc(N)c2c(n1)CCN(c1ccc(I)cc1)C2=O. The van der Waals surface area contributed by atoms with E-state index in [9.17, 15) is 4.79 Å². The standard InChI is InChI=1S/C14H13IN4O2/c1-21-14-17-10-6-7-19(9-4-2-8(15)3-5-9)13(20)11(10)12(16)18-14/h2-5H,6-7H2,1H3,(H2,16,17,18). The molecule has 21 heavy (non-hydrogen) atoms. The highest BCUT2D eigenvalue weighted by Crippen LogP contribution is 2.27. The maximum Gasteiger partial charge on any atom is 0.318 e. The lowest BCUT2D eigenvalue weighted by Crippen LogP contribution is -2.39. The second kappa shape index (κ2) is 5.47. The summed E-state index contributed by atoms with van der Waals surface area (Å²) in [4.78, 5) is 22.6. The van der Waals surface area contributed by atoms with Crippen molar-refractivity contribution in [3.63, 3.8) is 0 Å². The van der Waals surface area contributed by atoms with Crippen molar-refractivity contribution >= 4 is 40.0 Å². The summed E-state index contributed by atoms with van der Waals surface area (Å²) in [7, 11) is 1.48. The largest absolute Gasteiger partial charge is 0.467 e. The molecule has 2 N–H and O–H groups in total. The van der Waals surface area contributed by atoms with Gasteiger partial charge in [-0.15, -0.1) is 0 Å². The van der Waals surface area contributed by atoms with E-state index in [1.165, 1.54) is 7.11 Å². The van der Waals surface area contributed by atoms with Crippen LogP contribution in [-0.2, 0) is 6.42 Å². The van der Waals surface area contributed by atoms with Crippen molar-refractivity contribution in [1.29, 1.82) is 0 Å². The number of carbonyl (C=O) groups is 1. The van der Waals surface area contributed by atoms with Crippen molar-refractivity contribution in [1.82, 2.24) is 9.97 Å². The summed E-state index contributed by atoms with van der Waals surface area (Å²) in [5.74, 6) is -0.00493. The summed E-state index contributed by atoms with van der Waals surface area (Å²) < 4.78 is 6.11. The van der Waals surface area contributed by atoms with E-state index in [1.54, 1.807) is 4.90 Å². The second-order valence-corrected chi connectivity index (χ2v) is 5.85. The van der Waals surface area contributed by atoms with Gasteiger partial charge in [-0.25, -0.2) is 0 Å². The number of amides is 1. The van der Waals surface area contributed by atoms with Crippen LogP contribution in [0.25, 0.3) is 0 Å². The van der Waals surface area contributed by atoms with Crippen LogP contribution in [0.15, 0.2) is 24.3 Å². The molecule has 108 valence electrons. The Balaban J connectivity index is 2.01. The maximum atomic E-state index is 12.6. The van der Waals surface area contributed by atoms with Gasteiger partial charge >= 0.3 is 6.01 Å². The first kappa shape index (κ1) is 14.1. The lowest BCUT2D eigenvalue weighted by Gasteiger charge is -2.28. The van der Waals surface area contributed by atoms with E-state index in [4.69, 9.17) is 10.5 Å². The number of carbonyl (C=O) groups excluding carboxylic acids is 1. The molecule has 1 aliphatic heterocycles. The minimum Gasteiger partial charge on any atom is -0.467 e. The van der Waals surface area contributed by atoms with Gasteiger partial charge in [0.2, 0.25) is 0 Å². The van der Waals surface area contributed by atoms with Gasteiger partial charge in [-0.2, -0.15) is 9.97 Å². The average Bonchev–Trinajstić information content (AvgIpc) is 2.48. The van der Waals surface area contributed by atoms with Crippen LogP contribution in [0.2, 0.25) is 0 Å². The second-order valence-electron chi connectivity index (χ2n) is 4.60. The van der Waals surface area contributed by atoms with E-state index in [-0.39, 0.29) is 17.7 Å². The molecule has 6 nitrogen and oxygen atoms in total. The Kier molecular flexibility index (Phi) is 3.66. The lowest BCUT2D eigenvalue weighted by atomic mass is 10.0. The van der Waals surface area contributed by atoms with Crippen molar-refractivity contribution in [2.75, 3.05) is 24.3 Å². The highest BCUT2D eigenvalue weighted by Gasteiger charge is 2.30. The molecule has 0 unspecified atom stereocenters. The van der Waals surface area contributed by atoms with Gasteiger partial charge < -0.3 is 15.4 Å². The smallest absolute Gasteiger partial charge is 0.318 e. The summed E-state index contributed by atoms with van der Waals surface area (Å²) in [6, 6.07) is 7.97. The van der Waals surface area contributed by atoms with Crippen LogP contribution in [0.5, 0.6) is 6.01 Å². The molecular formula is C14H13IN4O2. The zero-order valence-electron chi connectivity index (χ0n) is 11.3. The summed E-state index contributed by atoms with van der Waals surface area (Å²) in [5.41, 5.74) is 7.76. The average molecular weight is 396 g/mol. The summed E-state index contributed by atoms with van der Waals surface area (Å²) in [6.45, 7) is 0.562. The number of nitrogens with zero attached hydrogens (tertiary/aromatic N) is 3. The number of fused-ring (bicyclic) bond motifs is 1. The molecule has 0 atom stereocenters. The molecule has 0 bridgehead atoms. The summed E-state index contributed by atoms with van der Waals surface area (Å²) in [6.07, 6.45) is 0.621. The van der Waals surface area contributed by atoms with Gasteiger partial charge in [-0.3, -0.25) is 4.79 Å². The molecule has 2 heterocycles. The third kappa shape index (κ3) is 2.53. The Morgan fingerprint density at radius 2 is 2.00 bits per heavy atom. The van der Waals surface area contributed by atoms with Gasteiger partial charge in [-0.05, 0) is 46.9 Å². The van der Waals surface area contributed by atoms with Gasteiger partial charge in [0.1, 0.15) is 11.4 Å². The molecular weight excluding hydrogens is 383 g/mol. The number of methoxy groups -OCH3 is 1. The molecule has 7 heteroatoms. The number of anilines is 2. The molecule has 0 saturated carbocycles. The van der Waals surface area contributed by atoms with Crippen molar-refractivity contribution in [3.05, 3.63) is 39.1 Å². The highest BCUT2D eigenvalue weighted by molar-refractivity contribution is 14.1. The van der Waals surface area contributed by atoms with Crippen LogP contribution in [0.1, 0.15) is 16.1 Å². The lowest BCUT2D eigenvalue weighted by molar-refractivity contribution is 0.0980. The maximum absolute atomic E-state index is 12.6. The number of rotatable bonds is 2. The van der Waals surface area contributed by atoms with E-state index in [0.717, 1.165) is 9.26 Å². The number of aromatic nitrogens is 2. The molecule has 0 saturated heterocycles. The van der Waals surface area contributed by atoms with Gasteiger partial charge in [0.25, 0.3) is 5.91 Å². The van der Waals surface area contributed by atoms with Gasteiger partial charge in [-0.1, -0.05) is 0 Å². The summed E-state index contributed by atoms with van der Waals surface area (Å²) >= 11 is 2.23. The van der Waals surface area contributed by atoms with Crippen LogP contribution >= 0.6 is 22.6 Å². The van der Waals surface area contributed by atoms with Crippen molar-refractivity contribution in [3.8, 4) is 6.01 Å². The molecule has 0 radical (unpaired) electrons. The van der Waals surface area contributed by atoms with E-state index in [2.05, 4.69) is 32.6 Å². The van der Waals surface area contributed by atoms with Gasteiger partial charge in [0.15, 0.2) is 0 Å². The Labute approximate surface area is 135 Å². The molecule has 3 rings (SSSR count). The van der Waals surface area contributed by atoms with Crippen LogP contribution < -0.4 is 15.4 Å². The van der Waals surface area contributed by atoms with E-state index < -0.39 is 0 Å². The fourth-order valence-electron chi connectivity index (χ4n) is 2.33. The number of nitrogens with two attached hydrogens (primary N) is 1. The van der Waals surface area contributed by atoms with Crippen LogP contribution in [0.4, 0.5) is 11.5 Å². The Morgan fingerprint density at radius 1 is 1.29 bits per heavy atom. The molecule has 0 fully saturated rings. The molecule has 1 aromatic heterocycles. The predicted molar refractivity (Wildman–Crippen MR) is 87.5 cm³/mol. The van der Waals surface area contributed by atoms with E-state index in [0.29, 0.717) is 24.2 Å². The molecule has 0 spiro atoms. The van der Waals surface area contributed by atoms with Crippen LogP contribution in [-0.4, -0.2) is 29.5 Å². The number of halogens is 1. The zero-order valence-corrected chi connectivity index (χ0v) is 13.5. The van der Waals surface area contributed by atoms with Crippen LogP contribution in [0, 0.1) is 3.57 Å². The Hall–Kier alpha value is -1.90. The monoisotopic (exact) mass is 396 g/mol. The van der Waals surface area contributed by atoms with Gasteiger partial charge in [0.05, 0.1) is 12.8 Å². The zero-order chi connectivity index (χ0) is 15.0. The normalized spacial score (nSPS) is 14.0. The first-order chi connectivity index (χ1) is 10.1. The van der Waals surface area contributed by atoms with E-state index in [1.807, 2.05) is 24.3 Å². The quantitative estimate of drug-likeness (QED) is 0.785. The molecule has 1 aromatic carbocycles. The topological polar surface area (TPSA) is 81.3 Å². The van der Waals surface area contributed by atoms with Crippen LogP contribution in [0.3, 0.4) is 0 Å². The molecule has 0 aliphatic carbocycles. The fourth-order valence-corrected chi connectivity index (χ4v) is 2.69. The number of nitrogen functional groups attached to an aromatic ring is 1. The Morgan fingerprint density at radius 3 is 2.67 bits per heavy atom. The third-order valence-electron chi connectivity index (χ3n) is 3.34. The number of hydrogen-bond acceptors (Lipinski definition) is 5. The van der Waals surface area contributed by atoms with Gasteiger partial charge in [0, 0.05) is 22.2 Å². The first-order valence-electron chi connectivity index (χ1n) is 6.38. The van der Waals surface area contributed by atoms with Crippen molar-refractivity contribution in [2.45, 2.75) is 6.42 Å². The fraction of sp³-hybridized carbons (Fsp3) is 0.214. The van der Waals surface area contributed by atoms with E-state index >= 15 is 0 Å².